The van der Waals surface area contributed by atoms with Gasteiger partial charge in [0.2, 0.25) is 0 Å². The highest BCUT2D eigenvalue weighted by atomic mass is 16.2. The zero-order valence-electron chi connectivity index (χ0n) is 16.7. The summed E-state index contributed by atoms with van der Waals surface area (Å²) in [5.41, 5.74) is 1.88. The van der Waals surface area contributed by atoms with Crippen LogP contribution in [0.25, 0.3) is 10.9 Å². The van der Waals surface area contributed by atoms with Crippen LogP contribution in [0.2, 0.25) is 0 Å². The van der Waals surface area contributed by atoms with Crippen molar-refractivity contribution >= 4 is 22.5 Å². The fraction of sp³-hybridized carbons (Fsp3) is 0.381. The Morgan fingerprint density at radius 3 is 2.71 bits per heavy atom. The number of hydrogen-bond acceptors (Lipinski definition) is 4. The van der Waals surface area contributed by atoms with Crippen LogP contribution < -0.4 is 10.9 Å². The van der Waals surface area contributed by atoms with E-state index in [9.17, 15) is 9.59 Å². The van der Waals surface area contributed by atoms with Crippen LogP contribution in [0.5, 0.6) is 0 Å². The van der Waals surface area contributed by atoms with E-state index in [4.69, 9.17) is 0 Å². The molecule has 1 amide bonds. The fourth-order valence-electron chi connectivity index (χ4n) is 3.01. The number of benzene rings is 1. The molecule has 0 atom stereocenters. The van der Waals surface area contributed by atoms with E-state index < -0.39 is 0 Å². The summed E-state index contributed by atoms with van der Waals surface area (Å²) in [5, 5.41) is 8.14. The molecule has 3 rings (SSSR count). The number of anilines is 1. The van der Waals surface area contributed by atoms with Gasteiger partial charge in [-0.1, -0.05) is 13.3 Å². The highest BCUT2D eigenvalue weighted by molar-refractivity contribution is 6.03. The van der Waals surface area contributed by atoms with Gasteiger partial charge in [-0.05, 0) is 50.8 Å². The molecule has 148 valence electrons. The summed E-state index contributed by atoms with van der Waals surface area (Å²) >= 11 is 0. The van der Waals surface area contributed by atoms with Gasteiger partial charge in [-0.2, -0.15) is 5.10 Å². The van der Waals surface area contributed by atoms with Crippen molar-refractivity contribution in [2.75, 3.05) is 26.0 Å². The van der Waals surface area contributed by atoms with E-state index in [1.54, 1.807) is 0 Å². The number of likely N-dealkylation sites (N-methyl/N-ethyl adjacent to an activating group) is 1. The number of carbonyl (C=O) groups is 1. The van der Waals surface area contributed by atoms with Crippen LogP contribution >= 0.6 is 0 Å². The maximum atomic E-state index is 12.6. The van der Waals surface area contributed by atoms with Gasteiger partial charge < -0.3 is 14.8 Å². The van der Waals surface area contributed by atoms with Crippen LogP contribution in [0.4, 0.5) is 5.69 Å². The van der Waals surface area contributed by atoms with Crippen molar-refractivity contribution < 1.29 is 4.79 Å². The molecular formula is C21H27N5O2. The molecular weight excluding hydrogens is 354 g/mol. The minimum atomic E-state index is -0.323. The van der Waals surface area contributed by atoms with Crippen molar-refractivity contribution in [3.63, 3.8) is 0 Å². The highest BCUT2D eigenvalue weighted by Crippen LogP contribution is 2.21. The van der Waals surface area contributed by atoms with Gasteiger partial charge in [-0.15, -0.1) is 0 Å². The van der Waals surface area contributed by atoms with Crippen molar-refractivity contribution in [3.8, 4) is 0 Å². The second kappa shape index (κ2) is 8.84. The van der Waals surface area contributed by atoms with Gasteiger partial charge in [0.25, 0.3) is 11.5 Å². The molecule has 2 aromatic heterocycles. The summed E-state index contributed by atoms with van der Waals surface area (Å²) in [6, 6.07) is 10.8. The van der Waals surface area contributed by atoms with E-state index in [-0.39, 0.29) is 17.2 Å². The Morgan fingerprint density at radius 2 is 1.96 bits per heavy atom. The van der Waals surface area contributed by atoms with Crippen molar-refractivity contribution in [2.45, 2.75) is 32.9 Å². The van der Waals surface area contributed by atoms with Crippen LogP contribution in [0.3, 0.4) is 0 Å². The van der Waals surface area contributed by atoms with Crippen LogP contribution in [-0.4, -0.2) is 45.8 Å². The molecule has 1 aromatic carbocycles. The minimum Gasteiger partial charge on any atom is -0.346 e. The van der Waals surface area contributed by atoms with Crippen molar-refractivity contribution in [1.82, 2.24) is 19.2 Å². The largest absolute Gasteiger partial charge is 0.346 e. The molecule has 0 saturated heterocycles. The first-order chi connectivity index (χ1) is 13.5. The van der Waals surface area contributed by atoms with Gasteiger partial charge in [0, 0.05) is 48.5 Å². The number of unbranched alkanes of at least 4 members (excludes halogenated alkanes) is 1. The summed E-state index contributed by atoms with van der Waals surface area (Å²) < 4.78 is 3.55. The molecule has 0 bridgehead atoms. The lowest BCUT2D eigenvalue weighted by Gasteiger charge is -2.11. The minimum absolute atomic E-state index is 0.189. The summed E-state index contributed by atoms with van der Waals surface area (Å²) in [6.45, 7) is 4.43. The molecule has 7 heteroatoms. The molecule has 0 unspecified atom stereocenters. The number of hydrogen-bond donors (Lipinski definition) is 1. The van der Waals surface area contributed by atoms with E-state index in [1.807, 2.05) is 31.2 Å². The van der Waals surface area contributed by atoms with Gasteiger partial charge >= 0.3 is 0 Å². The first-order valence-corrected chi connectivity index (χ1v) is 9.61. The Bertz CT molecular complexity index is 1020. The summed E-state index contributed by atoms with van der Waals surface area (Å²) in [7, 11) is 4.11. The van der Waals surface area contributed by atoms with Crippen LogP contribution in [-0.2, 0) is 13.1 Å². The highest BCUT2D eigenvalue weighted by Gasteiger charge is 2.11. The van der Waals surface area contributed by atoms with E-state index in [1.165, 1.54) is 16.8 Å². The van der Waals surface area contributed by atoms with E-state index in [0.29, 0.717) is 12.2 Å². The lowest BCUT2D eigenvalue weighted by molar-refractivity contribution is 0.102. The third-order valence-corrected chi connectivity index (χ3v) is 4.64. The molecule has 7 nitrogen and oxygen atoms in total. The van der Waals surface area contributed by atoms with Crippen LogP contribution in [0, 0.1) is 0 Å². The maximum absolute atomic E-state index is 12.6. The number of nitrogens with zero attached hydrogens (tertiary/aromatic N) is 4. The third-order valence-electron chi connectivity index (χ3n) is 4.64. The Kier molecular flexibility index (Phi) is 6.26. The molecule has 28 heavy (non-hydrogen) atoms. The molecule has 0 radical (unpaired) electrons. The lowest BCUT2D eigenvalue weighted by atomic mass is 10.2. The fourth-order valence-corrected chi connectivity index (χ4v) is 3.01. The molecule has 0 fully saturated rings. The topological polar surface area (TPSA) is 72.2 Å². The summed E-state index contributed by atoms with van der Waals surface area (Å²) in [4.78, 5) is 26.6. The number of amides is 1. The smallest absolute Gasteiger partial charge is 0.276 e. The number of fused-ring (bicyclic) bond motifs is 1. The normalized spacial score (nSPS) is 11.3. The second-order valence-electron chi connectivity index (χ2n) is 7.17. The van der Waals surface area contributed by atoms with Crippen molar-refractivity contribution in [3.05, 3.63) is 58.6 Å². The van der Waals surface area contributed by atoms with Crippen molar-refractivity contribution in [2.24, 2.45) is 0 Å². The SMILES string of the molecule is CCCCn1nc(C(=O)Nc2ccc3c(ccn3CCN(C)C)c2)ccc1=O. The number of aromatic nitrogens is 3. The Labute approximate surface area is 164 Å². The molecule has 0 saturated carbocycles. The lowest BCUT2D eigenvalue weighted by Crippen LogP contribution is -2.26. The van der Waals surface area contributed by atoms with Gasteiger partial charge in [-0.3, -0.25) is 9.59 Å². The molecule has 0 spiro atoms. The number of carbonyl (C=O) groups excluding carboxylic acids is 1. The quantitative estimate of drug-likeness (QED) is 0.651. The number of rotatable bonds is 8. The van der Waals surface area contributed by atoms with Crippen LogP contribution in [0.15, 0.2) is 47.4 Å². The molecule has 3 aromatic rings. The standard InChI is InChI=1S/C21H27N5O2/c1-4-5-11-26-20(27)9-7-18(23-26)21(28)22-17-6-8-19-16(15-17)10-12-25(19)14-13-24(2)3/h6-10,12,15H,4-5,11,13-14H2,1-3H3,(H,22,28). The molecule has 2 heterocycles. The third kappa shape index (κ3) is 4.67. The van der Waals surface area contributed by atoms with Gasteiger partial charge in [0.05, 0.1) is 0 Å². The van der Waals surface area contributed by atoms with E-state index >= 15 is 0 Å². The monoisotopic (exact) mass is 381 g/mol. The predicted octanol–water partition coefficient (Wildman–Crippen LogP) is 2.81. The van der Waals surface area contributed by atoms with Gasteiger partial charge in [-0.25, -0.2) is 4.68 Å². The molecule has 0 aliphatic heterocycles. The van der Waals surface area contributed by atoms with E-state index in [0.717, 1.165) is 36.8 Å². The van der Waals surface area contributed by atoms with Gasteiger partial charge in [0.1, 0.15) is 5.69 Å². The Morgan fingerprint density at radius 1 is 1.14 bits per heavy atom. The average molecular weight is 381 g/mol. The first-order valence-electron chi connectivity index (χ1n) is 9.61. The zero-order chi connectivity index (χ0) is 20.1. The molecule has 0 aliphatic carbocycles. The Balaban J connectivity index is 1.75. The number of nitrogens with one attached hydrogen (secondary N) is 1. The zero-order valence-corrected chi connectivity index (χ0v) is 16.7. The van der Waals surface area contributed by atoms with Crippen LogP contribution in [0.1, 0.15) is 30.3 Å². The number of aryl methyl sites for hydroxylation is 1. The summed E-state index contributed by atoms with van der Waals surface area (Å²) in [6.07, 6.45) is 3.86. The van der Waals surface area contributed by atoms with Crippen molar-refractivity contribution in [1.29, 1.82) is 0 Å². The Hall–Kier alpha value is -2.93. The summed E-state index contributed by atoms with van der Waals surface area (Å²) in [5.74, 6) is -0.323. The first kappa shape index (κ1) is 19.8. The predicted molar refractivity (Wildman–Crippen MR) is 112 cm³/mol. The van der Waals surface area contributed by atoms with E-state index in [2.05, 4.69) is 40.2 Å². The second-order valence-corrected chi connectivity index (χ2v) is 7.17. The van der Waals surface area contributed by atoms with Gasteiger partial charge in [0.15, 0.2) is 0 Å². The molecule has 1 N–H and O–H groups in total. The maximum Gasteiger partial charge on any atom is 0.276 e. The molecule has 0 aliphatic rings. The average Bonchev–Trinajstić information content (AvgIpc) is 3.08.